The van der Waals surface area contributed by atoms with Gasteiger partial charge in [-0.2, -0.15) is 0 Å². The predicted octanol–water partition coefficient (Wildman–Crippen LogP) is 4.06. The number of pyridine rings is 1. The van der Waals surface area contributed by atoms with E-state index in [0.717, 1.165) is 24.0 Å². The molecule has 1 aliphatic rings. The van der Waals surface area contributed by atoms with E-state index in [9.17, 15) is 10.1 Å². The van der Waals surface area contributed by atoms with Crippen molar-refractivity contribution in [3.8, 4) is 0 Å². The van der Waals surface area contributed by atoms with E-state index in [2.05, 4.69) is 16.4 Å². The predicted molar refractivity (Wildman–Crippen MR) is 83.4 cm³/mol. The summed E-state index contributed by atoms with van der Waals surface area (Å²) in [5.41, 5.74) is 2.90. The number of non-ortho nitro benzene ring substituents is 1. The molecule has 0 saturated carbocycles. The number of anilines is 1. The normalized spacial score (nSPS) is 14.2. The van der Waals surface area contributed by atoms with Crippen LogP contribution in [0.1, 0.15) is 25.7 Å². The molecule has 1 N–H and O–H groups in total. The Labute approximate surface area is 122 Å². The molecule has 0 saturated heterocycles. The van der Waals surface area contributed by atoms with Crippen molar-refractivity contribution < 1.29 is 4.92 Å². The fourth-order valence-electron chi connectivity index (χ4n) is 2.78. The third-order valence-corrected chi connectivity index (χ3v) is 3.84. The maximum Gasteiger partial charge on any atom is 0.295 e. The topological polar surface area (TPSA) is 68.1 Å². The number of hydrogen-bond donors (Lipinski definition) is 1. The number of para-hydroxylation sites is 1. The van der Waals surface area contributed by atoms with Crippen molar-refractivity contribution >= 4 is 22.3 Å². The maximum atomic E-state index is 11.1. The second-order valence-electron chi connectivity index (χ2n) is 5.22. The molecule has 1 heterocycles. The Morgan fingerprint density at radius 2 is 2.24 bits per heavy atom. The van der Waals surface area contributed by atoms with Crippen molar-refractivity contribution in [1.82, 2.24) is 4.98 Å². The van der Waals surface area contributed by atoms with Gasteiger partial charge < -0.3 is 5.32 Å². The lowest BCUT2D eigenvalue weighted by atomic mass is 10.1. The minimum atomic E-state index is -0.386. The number of fused-ring (bicyclic) bond motifs is 1. The summed E-state index contributed by atoms with van der Waals surface area (Å²) >= 11 is 0. The Kier molecular flexibility index (Phi) is 3.81. The third-order valence-electron chi connectivity index (χ3n) is 3.84. The number of nitrogens with zero attached hydrogens (tertiary/aromatic N) is 2. The minimum absolute atomic E-state index is 0.0506. The van der Waals surface area contributed by atoms with Gasteiger partial charge in [-0.15, -0.1) is 0 Å². The van der Waals surface area contributed by atoms with Crippen molar-refractivity contribution in [3.05, 3.63) is 52.2 Å². The van der Waals surface area contributed by atoms with Gasteiger partial charge in [-0.25, -0.2) is 4.98 Å². The van der Waals surface area contributed by atoms with Gasteiger partial charge >= 0.3 is 0 Å². The second-order valence-corrected chi connectivity index (χ2v) is 5.22. The second kappa shape index (κ2) is 5.91. The first-order valence-corrected chi connectivity index (χ1v) is 7.19. The molecule has 108 valence electrons. The van der Waals surface area contributed by atoms with E-state index in [-0.39, 0.29) is 10.6 Å². The summed E-state index contributed by atoms with van der Waals surface area (Å²) in [4.78, 5) is 14.8. The lowest BCUT2D eigenvalue weighted by molar-refractivity contribution is -0.383. The Hall–Kier alpha value is -2.43. The van der Waals surface area contributed by atoms with E-state index in [4.69, 9.17) is 0 Å². The SMILES string of the molecule is O=[N+]([O-])c1cccc2c(NCCC3=CCCC3)ccnc12. The van der Waals surface area contributed by atoms with Crippen molar-refractivity contribution in [1.29, 1.82) is 0 Å². The van der Waals surface area contributed by atoms with Crippen LogP contribution in [0.3, 0.4) is 0 Å². The van der Waals surface area contributed by atoms with Crippen LogP contribution in [0.25, 0.3) is 10.9 Å². The fourth-order valence-corrected chi connectivity index (χ4v) is 2.78. The molecule has 1 aliphatic carbocycles. The number of aromatic nitrogens is 1. The van der Waals surface area contributed by atoms with Gasteiger partial charge in [-0.05, 0) is 31.7 Å². The highest BCUT2D eigenvalue weighted by Crippen LogP contribution is 2.29. The minimum Gasteiger partial charge on any atom is -0.384 e. The van der Waals surface area contributed by atoms with Crippen LogP contribution in [0.5, 0.6) is 0 Å². The average Bonchev–Trinajstić information content (AvgIpc) is 3.00. The molecule has 0 fully saturated rings. The molecule has 0 bridgehead atoms. The van der Waals surface area contributed by atoms with Crippen LogP contribution in [0.2, 0.25) is 0 Å². The van der Waals surface area contributed by atoms with Crippen LogP contribution in [0.4, 0.5) is 11.4 Å². The third kappa shape index (κ3) is 2.86. The Morgan fingerprint density at radius 1 is 1.33 bits per heavy atom. The quantitative estimate of drug-likeness (QED) is 0.510. The van der Waals surface area contributed by atoms with Crippen molar-refractivity contribution in [3.63, 3.8) is 0 Å². The van der Waals surface area contributed by atoms with E-state index < -0.39 is 0 Å². The van der Waals surface area contributed by atoms with Crippen LogP contribution in [-0.2, 0) is 0 Å². The van der Waals surface area contributed by atoms with Crippen LogP contribution in [0, 0.1) is 10.1 Å². The Balaban J connectivity index is 1.82. The smallest absolute Gasteiger partial charge is 0.295 e. The molecule has 3 rings (SSSR count). The summed E-state index contributed by atoms with van der Waals surface area (Å²) < 4.78 is 0. The van der Waals surface area contributed by atoms with Crippen LogP contribution in [0.15, 0.2) is 42.1 Å². The molecule has 0 unspecified atom stereocenters. The Morgan fingerprint density at radius 3 is 3.00 bits per heavy atom. The lowest BCUT2D eigenvalue weighted by Gasteiger charge is -2.09. The zero-order valence-corrected chi connectivity index (χ0v) is 11.7. The van der Waals surface area contributed by atoms with Gasteiger partial charge in [0.25, 0.3) is 5.69 Å². The zero-order valence-electron chi connectivity index (χ0n) is 11.7. The first-order chi connectivity index (χ1) is 10.3. The molecule has 5 heteroatoms. The number of benzene rings is 1. The lowest BCUT2D eigenvalue weighted by Crippen LogP contribution is -2.03. The number of nitro benzene ring substituents is 1. The average molecular weight is 283 g/mol. The van der Waals surface area contributed by atoms with E-state index >= 15 is 0 Å². The van der Waals surface area contributed by atoms with Crippen molar-refractivity contribution in [2.45, 2.75) is 25.7 Å². The van der Waals surface area contributed by atoms with Gasteiger partial charge in [0.15, 0.2) is 0 Å². The largest absolute Gasteiger partial charge is 0.384 e. The molecular formula is C16H17N3O2. The van der Waals surface area contributed by atoms with Crippen molar-refractivity contribution in [2.24, 2.45) is 0 Å². The van der Waals surface area contributed by atoms with Crippen LogP contribution in [-0.4, -0.2) is 16.5 Å². The summed E-state index contributed by atoms with van der Waals surface area (Å²) in [6.07, 6.45) is 8.62. The van der Waals surface area contributed by atoms with E-state index in [1.54, 1.807) is 12.3 Å². The molecule has 21 heavy (non-hydrogen) atoms. The molecule has 0 spiro atoms. The summed E-state index contributed by atoms with van der Waals surface area (Å²) in [6, 6.07) is 6.93. The number of allylic oxidation sites excluding steroid dienone is 1. The monoisotopic (exact) mass is 283 g/mol. The molecular weight excluding hydrogens is 266 g/mol. The fraction of sp³-hybridized carbons (Fsp3) is 0.312. The number of hydrogen-bond acceptors (Lipinski definition) is 4. The summed E-state index contributed by atoms with van der Waals surface area (Å²) in [5, 5.41) is 15.2. The van der Waals surface area contributed by atoms with E-state index in [0.29, 0.717) is 5.52 Å². The summed E-state index contributed by atoms with van der Waals surface area (Å²) in [7, 11) is 0. The standard InChI is InChI=1S/C16H17N3O2/c20-19(21)15-7-3-6-13-14(9-11-18-16(13)15)17-10-8-12-4-1-2-5-12/h3-4,6-7,9,11H,1-2,5,8,10H2,(H,17,18). The first kappa shape index (κ1) is 13.5. The highest BCUT2D eigenvalue weighted by atomic mass is 16.6. The van der Waals surface area contributed by atoms with Gasteiger partial charge in [0, 0.05) is 29.9 Å². The molecule has 1 aromatic carbocycles. The molecule has 0 radical (unpaired) electrons. The van der Waals surface area contributed by atoms with Crippen molar-refractivity contribution in [2.75, 3.05) is 11.9 Å². The molecule has 0 amide bonds. The van der Waals surface area contributed by atoms with Crippen LogP contribution < -0.4 is 5.32 Å². The first-order valence-electron chi connectivity index (χ1n) is 7.19. The highest BCUT2D eigenvalue weighted by molar-refractivity contribution is 5.96. The van der Waals surface area contributed by atoms with Gasteiger partial charge in [-0.3, -0.25) is 10.1 Å². The van der Waals surface area contributed by atoms with Gasteiger partial charge in [-0.1, -0.05) is 23.8 Å². The molecule has 5 nitrogen and oxygen atoms in total. The summed E-state index contributed by atoms with van der Waals surface area (Å²) in [6.45, 7) is 0.841. The highest BCUT2D eigenvalue weighted by Gasteiger charge is 2.14. The Bertz CT molecular complexity index is 710. The van der Waals surface area contributed by atoms with Crippen LogP contribution >= 0.6 is 0 Å². The molecule has 1 aromatic heterocycles. The van der Waals surface area contributed by atoms with Gasteiger partial charge in [0.2, 0.25) is 0 Å². The number of rotatable bonds is 5. The van der Waals surface area contributed by atoms with E-state index in [1.165, 1.54) is 30.9 Å². The molecule has 0 atom stereocenters. The van der Waals surface area contributed by atoms with Gasteiger partial charge in [0.1, 0.15) is 5.52 Å². The summed E-state index contributed by atoms with van der Waals surface area (Å²) in [5.74, 6) is 0. The maximum absolute atomic E-state index is 11.1. The number of nitrogens with one attached hydrogen (secondary N) is 1. The van der Waals surface area contributed by atoms with E-state index in [1.807, 2.05) is 12.1 Å². The number of nitro groups is 1. The molecule has 0 aliphatic heterocycles. The molecule has 2 aromatic rings. The zero-order chi connectivity index (χ0) is 14.7. The van der Waals surface area contributed by atoms with Gasteiger partial charge in [0.05, 0.1) is 4.92 Å².